The first-order valence-electron chi connectivity index (χ1n) is 6.87. The molecule has 5 nitrogen and oxygen atoms in total. The molecule has 0 bridgehead atoms. The van der Waals surface area contributed by atoms with Crippen LogP contribution in [0, 0.1) is 5.92 Å². The Balaban J connectivity index is 4.60. The molecule has 2 unspecified atom stereocenters. The van der Waals surface area contributed by atoms with Crippen LogP contribution < -0.4 is 5.32 Å². The van der Waals surface area contributed by atoms with Crippen molar-refractivity contribution in [1.82, 2.24) is 10.2 Å². The van der Waals surface area contributed by atoms with E-state index >= 15 is 0 Å². The third-order valence-corrected chi connectivity index (χ3v) is 3.17. The topological polar surface area (TPSA) is 69.6 Å². The fourth-order valence-electron chi connectivity index (χ4n) is 1.87. The molecular weight excluding hydrogens is 244 g/mol. The van der Waals surface area contributed by atoms with E-state index < -0.39 is 11.5 Å². The van der Waals surface area contributed by atoms with E-state index in [4.69, 9.17) is 5.11 Å². The summed E-state index contributed by atoms with van der Waals surface area (Å²) >= 11 is 0. The SMILES string of the molecule is CCC(C)CC(C)NC(=O)N(CC(=O)O)C(C)(C)C. The molecule has 0 spiro atoms. The zero-order chi connectivity index (χ0) is 15.2. The molecule has 0 saturated heterocycles. The van der Waals surface area contributed by atoms with E-state index in [1.807, 2.05) is 27.7 Å². The molecule has 0 aliphatic carbocycles. The fraction of sp³-hybridized carbons (Fsp3) is 0.857. The number of nitrogens with zero attached hydrogens (tertiary/aromatic N) is 1. The number of hydrogen-bond donors (Lipinski definition) is 2. The Morgan fingerprint density at radius 1 is 1.26 bits per heavy atom. The van der Waals surface area contributed by atoms with E-state index in [2.05, 4.69) is 19.2 Å². The van der Waals surface area contributed by atoms with E-state index in [-0.39, 0.29) is 18.6 Å². The van der Waals surface area contributed by atoms with Crippen LogP contribution in [0.1, 0.15) is 54.4 Å². The first-order valence-corrected chi connectivity index (χ1v) is 6.87. The van der Waals surface area contributed by atoms with Crippen LogP contribution in [0.5, 0.6) is 0 Å². The predicted octanol–water partition coefficient (Wildman–Crippen LogP) is 2.71. The molecule has 2 N–H and O–H groups in total. The fourth-order valence-corrected chi connectivity index (χ4v) is 1.87. The molecule has 0 radical (unpaired) electrons. The number of hydrogen-bond acceptors (Lipinski definition) is 2. The van der Waals surface area contributed by atoms with Gasteiger partial charge in [0.1, 0.15) is 6.54 Å². The molecule has 0 aliphatic heterocycles. The highest BCUT2D eigenvalue weighted by Crippen LogP contribution is 2.14. The van der Waals surface area contributed by atoms with Gasteiger partial charge in [0.05, 0.1) is 0 Å². The quantitative estimate of drug-likeness (QED) is 0.781. The lowest BCUT2D eigenvalue weighted by Crippen LogP contribution is -2.54. The van der Waals surface area contributed by atoms with Crippen LogP contribution in [0.4, 0.5) is 4.79 Å². The van der Waals surface area contributed by atoms with Gasteiger partial charge in [-0.05, 0) is 40.0 Å². The number of rotatable bonds is 6. The van der Waals surface area contributed by atoms with E-state index in [9.17, 15) is 9.59 Å². The van der Waals surface area contributed by atoms with Crippen molar-refractivity contribution in [3.63, 3.8) is 0 Å². The molecular formula is C14H28N2O3. The predicted molar refractivity (Wildman–Crippen MR) is 76.2 cm³/mol. The number of carboxylic acids is 1. The molecule has 2 atom stereocenters. The van der Waals surface area contributed by atoms with Gasteiger partial charge in [0.15, 0.2) is 0 Å². The number of nitrogens with one attached hydrogen (secondary N) is 1. The Morgan fingerprint density at radius 3 is 2.16 bits per heavy atom. The third kappa shape index (κ3) is 7.03. The van der Waals surface area contributed by atoms with Gasteiger partial charge in [-0.2, -0.15) is 0 Å². The smallest absolute Gasteiger partial charge is 0.323 e. The first kappa shape index (κ1) is 17.7. The Bertz CT molecular complexity index is 310. The standard InChI is InChI=1S/C14H28N2O3/c1-7-10(2)8-11(3)15-13(19)16(9-12(17)18)14(4,5)6/h10-11H,7-9H2,1-6H3,(H,15,19)(H,17,18). The van der Waals surface area contributed by atoms with Crippen molar-refractivity contribution in [2.24, 2.45) is 5.92 Å². The third-order valence-electron chi connectivity index (χ3n) is 3.17. The van der Waals surface area contributed by atoms with Crippen molar-refractivity contribution in [2.45, 2.75) is 66.0 Å². The molecule has 0 heterocycles. The Labute approximate surface area is 116 Å². The van der Waals surface area contributed by atoms with Crippen molar-refractivity contribution < 1.29 is 14.7 Å². The second kappa shape index (κ2) is 7.36. The van der Waals surface area contributed by atoms with Crippen molar-refractivity contribution in [1.29, 1.82) is 0 Å². The Morgan fingerprint density at radius 2 is 1.79 bits per heavy atom. The van der Waals surface area contributed by atoms with Crippen LogP contribution >= 0.6 is 0 Å². The van der Waals surface area contributed by atoms with E-state index in [0.717, 1.165) is 12.8 Å². The maximum atomic E-state index is 12.2. The van der Waals surface area contributed by atoms with E-state index in [1.165, 1.54) is 4.90 Å². The minimum atomic E-state index is -1.00. The summed E-state index contributed by atoms with van der Waals surface area (Å²) in [5, 5.41) is 11.8. The average molecular weight is 272 g/mol. The number of amides is 2. The average Bonchev–Trinajstić information content (AvgIpc) is 2.23. The van der Waals surface area contributed by atoms with Gasteiger partial charge < -0.3 is 15.3 Å². The summed E-state index contributed by atoms with van der Waals surface area (Å²) in [5.41, 5.74) is -0.515. The van der Waals surface area contributed by atoms with Crippen LogP contribution in [-0.2, 0) is 4.79 Å². The van der Waals surface area contributed by atoms with Crippen molar-refractivity contribution in [3.05, 3.63) is 0 Å². The largest absolute Gasteiger partial charge is 0.480 e. The number of carbonyl (C=O) groups is 2. The van der Waals surface area contributed by atoms with Crippen molar-refractivity contribution >= 4 is 12.0 Å². The summed E-state index contributed by atoms with van der Waals surface area (Å²) in [6.07, 6.45) is 1.96. The number of urea groups is 1. The monoisotopic (exact) mass is 272 g/mol. The number of carbonyl (C=O) groups excluding carboxylic acids is 1. The molecule has 5 heteroatoms. The second-order valence-corrected chi connectivity index (χ2v) is 6.25. The van der Waals surface area contributed by atoms with Gasteiger partial charge in [-0.25, -0.2) is 4.79 Å². The summed E-state index contributed by atoms with van der Waals surface area (Å²) in [5.74, 6) is -0.461. The summed E-state index contributed by atoms with van der Waals surface area (Å²) in [6.45, 7) is 11.4. The minimum Gasteiger partial charge on any atom is -0.480 e. The van der Waals surface area contributed by atoms with E-state index in [1.54, 1.807) is 0 Å². The summed E-state index contributed by atoms with van der Waals surface area (Å²) in [6, 6.07) is -0.271. The van der Waals surface area contributed by atoms with Crippen molar-refractivity contribution in [3.8, 4) is 0 Å². The number of carboxylic acid groups (broad SMARTS) is 1. The van der Waals surface area contributed by atoms with Gasteiger partial charge in [0.25, 0.3) is 0 Å². The van der Waals surface area contributed by atoms with Crippen LogP contribution in [-0.4, -0.2) is 40.1 Å². The Kier molecular flexibility index (Phi) is 6.87. The van der Waals surface area contributed by atoms with Gasteiger partial charge in [-0.1, -0.05) is 20.3 Å². The molecule has 0 aromatic heterocycles. The van der Waals surface area contributed by atoms with Gasteiger partial charge in [-0.3, -0.25) is 4.79 Å². The minimum absolute atomic E-state index is 0.0427. The molecule has 0 fully saturated rings. The molecule has 0 aliphatic rings. The lowest BCUT2D eigenvalue weighted by atomic mass is 10.0. The van der Waals surface area contributed by atoms with Crippen LogP contribution in [0.15, 0.2) is 0 Å². The first-order chi connectivity index (χ1) is 8.57. The Hall–Kier alpha value is -1.26. The van der Waals surface area contributed by atoms with Gasteiger partial charge >= 0.3 is 12.0 Å². The molecule has 0 aromatic rings. The highest BCUT2D eigenvalue weighted by Gasteiger charge is 2.29. The second-order valence-electron chi connectivity index (χ2n) is 6.25. The normalized spacial score (nSPS) is 14.6. The zero-order valence-corrected chi connectivity index (χ0v) is 13.0. The molecule has 0 rings (SSSR count). The van der Waals surface area contributed by atoms with E-state index in [0.29, 0.717) is 5.92 Å². The lowest BCUT2D eigenvalue weighted by molar-refractivity contribution is -0.138. The van der Waals surface area contributed by atoms with Crippen LogP contribution in [0.25, 0.3) is 0 Å². The zero-order valence-electron chi connectivity index (χ0n) is 13.0. The molecule has 19 heavy (non-hydrogen) atoms. The van der Waals surface area contributed by atoms with Gasteiger partial charge in [0, 0.05) is 11.6 Å². The van der Waals surface area contributed by atoms with Crippen molar-refractivity contribution in [2.75, 3.05) is 6.54 Å². The van der Waals surface area contributed by atoms with Gasteiger partial charge in [0.2, 0.25) is 0 Å². The molecule has 2 amide bonds. The molecule has 112 valence electrons. The lowest BCUT2D eigenvalue weighted by Gasteiger charge is -2.35. The van der Waals surface area contributed by atoms with Gasteiger partial charge in [-0.15, -0.1) is 0 Å². The maximum Gasteiger partial charge on any atom is 0.323 e. The highest BCUT2D eigenvalue weighted by molar-refractivity contribution is 5.80. The molecule has 0 aromatic carbocycles. The summed E-state index contributed by atoms with van der Waals surface area (Å²) in [7, 11) is 0. The molecule has 0 saturated carbocycles. The maximum absolute atomic E-state index is 12.2. The number of aliphatic carboxylic acids is 1. The summed E-state index contributed by atoms with van der Waals surface area (Å²) in [4.78, 5) is 24.4. The summed E-state index contributed by atoms with van der Waals surface area (Å²) < 4.78 is 0. The highest BCUT2D eigenvalue weighted by atomic mass is 16.4. The van der Waals surface area contributed by atoms with Crippen LogP contribution in [0.2, 0.25) is 0 Å². The van der Waals surface area contributed by atoms with Crippen LogP contribution in [0.3, 0.4) is 0 Å².